The Bertz CT molecular complexity index is 430. The Labute approximate surface area is 115 Å². The Balaban J connectivity index is 2.12. The van der Waals surface area contributed by atoms with Gasteiger partial charge in [0.05, 0.1) is 0 Å². The zero-order valence-corrected chi connectivity index (χ0v) is 12.0. The number of amides is 1. The van der Waals surface area contributed by atoms with Crippen molar-refractivity contribution in [2.45, 2.75) is 19.4 Å². The first-order chi connectivity index (χ1) is 9.11. The molecular weight excluding hydrogens is 238 g/mol. The van der Waals surface area contributed by atoms with Gasteiger partial charge < -0.3 is 15.1 Å². The molecule has 0 bridgehead atoms. The molecule has 1 saturated heterocycles. The number of hydrogen-bond acceptors (Lipinski definition) is 3. The second-order valence-electron chi connectivity index (χ2n) is 5.29. The first-order valence-electron chi connectivity index (χ1n) is 6.89. The quantitative estimate of drug-likeness (QED) is 0.883. The number of nitrogens with zero attached hydrogens (tertiary/aromatic N) is 2. The molecule has 0 spiro atoms. The van der Waals surface area contributed by atoms with E-state index in [1.54, 1.807) is 0 Å². The highest BCUT2D eigenvalue weighted by Crippen LogP contribution is 2.15. The molecular formula is C15H23N3O. The van der Waals surface area contributed by atoms with Crippen LogP contribution in [0.2, 0.25) is 0 Å². The van der Waals surface area contributed by atoms with Crippen molar-refractivity contribution in [1.82, 2.24) is 9.80 Å². The number of nitrogens with one attached hydrogen (secondary N) is 1. The van der Waals surface area contributed by atoms with E-state index in [-0.39, 0.29) is 11.9 Å². The van der Waals surface area contributed by atoms with E-state index in [1.165, 1.54) is 0 Å². The summed E-state index contributed by atoms with van der Waals surface area (Å²) in [4.78, 5) is 16.8. The molecule has 1 atom stereocenters. The molecule has 4 heteroatoms. The van der Waals surface area contributed by atoms with Crippen molar-refractivity contribution in [1.29, 1.82) is 0 Å². The molecule has 1 N–H and O–H groups in total. The van der Waals surface area contributed by atoms with E-state index in [2.05, 4.69) is 24.2 Å². The van der Waals surface area contributed by atoms with Crippen LogP contribution in [0.25, 0.3) is 0 Å². The van der Waals surface area contributed by atoms with Crippen LogP contribution in [-0.2, 0) is 0 Å². The van der Waals surface area contributed by atoms with Gasteiger partial charge in [-0.2, -0.15) is 0 Å². The molecule has 1 aromatic carbocycles. The SMILES string of the molecule is CNc1ccc(C(=O)N2CCCN(C)CC2C)cc1. The van der Waals surface area contributed by atoms with Gasteiger partial charge in [0.15, 0.2) is 0 Å². The Kier molecular flexibility index (Phi) is 4.43. The van der Waals surface area contributed by atoms with Crippen LogP contribution in [0.5, 0.6) is 0 Å². The van der Waals surface area contributed by atoms with E-state index < -0.39 is 0 Å². The third kappa shape index (κ3) is 3.26. The Morgan fingerprint density at radius 2 is 1.95 bits per heavy atom. The molecule has 1 heterocycles. The molecule has 0 radical (unpaired) electrons. The summed E-state index contributed by atoms with van der Waals surface area (Å²) in [7, 11) is 4.00. The molecule has 0 aliphatic carbocycles. The second-order valence-corrected chi connectivity index (χ2v) is 5.29. The topological polar surface area (TPSA) is 35.6 Å². The van der Waals surface area contributed by atoms with Gasteiger partial charge in [-0.25, -0.2) is 0 Å². The van der Waals surface area contributed by atoms with Crippen LogP contribution in [-0.4, -0.2) is 55.5 Å². The summed E-state index contributed by atoms with van der Waals surface area (Å²) in [5, 5.41) is 3.07. The highest BCUT2D eigenvalue weighted by molar-refractivity contribution is 5.94. The normalized spacial score (nSPS) is 21.0. The van der Waals surface area contributed by atoms with Gasteiger partial charge in [-0.15, -0.1) is 0 Å². The fourth-order valence-electron chi connectivity index (χ4n) is 2.62. The van der Waals surface area contributed by atoms with E-state index in [1.807, 2.05) is 36.2 Å². The zero-order chi connectivity index (χ0) is 13.8. The largest absolute Gasteiger partial charge is 0.388 e. The maximum absolute atomic E-state index is 12.6. The average Bonchev–Trinajstić information content (AvgIpc) is 2.58. The summed E-state index contributed by atoms with van der Waals surface area (Å²) < 4.78 is 0. The standard InChI is InChI=1S/C15H23N3O/c1-12-11-17(3)9-4-10-18(12)15(19)13-5-7-14(16-2)8-6-13/h5-8,12,16H,4,9-11H2,1-3H3. The van der Waals surface area contributed by atoms with Crippen molar-refractivity contribution in [2.75, 3.05) is 39.0 Å². The highest BCUT2D eigenvalue weighted by Gasteiger charge is 2.24. The molecule has 0 saturated carbocycles. The molecule has 2 rings (SSSR count). The number of benzene rings is 1. The summed E-state index contributed by atoms with van der Waals surface area (Å²) in [5.74, 6) is 0.144. The lowest BCUT2D eigenvalue weighted by molar-refractivity contribution is 0.0696. The van der Waals surface area contributed by atoms with E-state index >= 15 is 0 Å². The minimum Gasteiger partial charge on any atom is -0.388 e. The molecule has 104 valence electrons. The van der Waals surface area contributed by atoms with Gasteiger partial charge in [0, 0.05) is 37.4 Å². The van der Waals surface area contributed by atoms with Gasteiger partial charge in [0.25, 0.3) is 5.91 Å². The minimum absolute atomic E-state index is 0.144. The number of likely N-dealkylation sites (N-methyl/N-ethyl adjacent to an activating group) is 1. The lowest BCUT2D eigenvalue weighted by Crippen LogP contribution is -2.41. The van der Waals surface area contributed by atoms with Crippen molar-refractivity contribution in [3.63, 3.8) is 0 Å². The van der Waals surface area contributed by atoms with E-state index in [0.717, 1.165) is 37.3 Å². The summed E-state index contributed by atoms with van der Waals surface area (Å²) in [6.07, 6.45) is 1.04. The Morgan fingerprint density at radius 3 is 2.58 bits per heavy atom. The fourth-order valence-corrected chi connectivity index (χ4v) is 2.62. The van der Waals surface area contributed by atoms with Crippen molar-refractivity contribution in [2.24, 2.45) is 0 Å². The lowest BCUT2D eigenvalue weighted by Gasteiger charge is -2.28. The zero-order valence-electron chi connectivity index (χ0n) is 12.0. The number of anilines is 1. The summed E-state index contributed by atoms with van der Waals surface area (Å²) in [6, 6.07) is 7.96. The van der Waals surface area contributed by atoms with Crippen LogP contribution in [0.15, 0.2) is 24.3 Å². The smallest absolute Gasteiger partial charge is 0.254 e. The third-order valence-corrected chi connectivity index (χ3v) is 3.73. The van der Waals surface area contributed by atoms with Gasteiger partial charge in [0.1, 0.15) is 0 Å². The van der Waals surface area contributed by atoms with Gasteiger partial charge in [0.2, 0.25) is 0 Å². The molecule has 1 aliphatic rings. The molecule has 4 nitrogen and oxygen atoms in total. The maximum atomic E-state index is 12.6. The van der Waals surface area contributed by atoms with Gasteiger partial charge in [-0.1, -0.05) is 0 Å². The highest BCUT2D eigenvalue weighted by atomic mass is 16.2. The molecule has 1 aromatic rings. The third-order valence-electron chi connectivity index (χ3n) is 3.73. The molecule has 1 amide bonds. The van der Waals surface area contributed by atoms with Gasteiger partial charge in [-0.05, 0) is 51.2 Å². The van der Waals surface area contributed by atoms with Crippen LogP contribution in [0, 0.1) is 0 Å². The van der Waals surface area contributed by atoms with Crippen molar-refractivity contribution in [3.05, 3.63) is 29.8 Å². The van der Waals surface area contributed by atoms with Crippen LogP contribution >= 0.6 is 0 Å². The Morgan fingerprint density at radius 1 is 1.26 bits per heavy atom. The van der Waals surface area contributed by atoms with Crippen molar-refractivity contribution < 1.29 is 4.79 Å². The lowest BCUT2D eigenvalue weighted by atomic mass is 10.1. The summed E-state index contributed by atoms with van der Waals surface area (Å²) in [6.45, 7) is 4.98. The fraction of sp³-hybridized carbons (Fsp3) is 0.533. The van der Waals surface area contributed by atoms with Crippen LogP contribution in [0.4, 0.5) is 5.69 Å². The van der Waals surface area contributed by atoms with Crippen LogP contribution < -0.4 is 5.32 Å². The molecule has 19 heavy (non-hydrogen) atoms. The first kappa shape index (κ1) is 13.9. The Hall–Kier alpha value is -1.55. The number of carbonyl (C=O) groups excluding carboxylic acids is 1. The van der Waals surface area contributed by atoms with Gasteiger partial charge in [-0.3, -0.25) is 4.79 Å². The number of rotatable bonds is 2. The molecule has 1 fully saturated rings. The average molecular weight is 261 g/mol. The predicted octanol–water partition coefficient (Wildman–Crippen LogP) is 1.89. The van der Waals surface area contributed by atoms with E-state index in [0.29, 0.717) is 0 Å². The van der Waals surface area contributed by atoms with Crippen LogP contribution in [0.1, 0.15) is 23.7 Å². The minimum atomic E-state index is 0.144. The van der Waals surface area contributed by atoms with Crippen molar-refractivity contribution >= 4 is 11.6 Å². The molecule has 0 aromatic heterocycles. The second kappa shape index (κ2) is 6.06. The van der Waals surface area contributed by atoms with Crippen molar-refractivity contribution in [3.8, 4) is 0 Å². The maximum Gasteiger partial charge on any atom is 0.254 e. The molecule has 1 unspecified atom stereocenters. The summed E-state index contributed by atoms with van der Waals surface area (Å²) >= 11 is 0. The first-order valence-corrected chi connectivity index (χ1v) is 6.89. The van der Waals surface area contributed by atoms with E-state index in [9.17, 15) is 4.79 Å². The molecule has 1 aliphatic heterocycles. The van der Waals surface area contributed by atoms with E-state index in [4.69, 9.17) is 0 Å². The number of hydrogen-bond donors (Lipinski definition) is 1. The number of carbonyl (C=O) groups is 1. The monoisotopic (exact) mass is 261 g/mol. The summed E-state index contributed by atoms with van der Waals surface area (Å²) in [5.41, 5.74) is 1.80. The van der Waals surface area contributed by atoms with Crippen LogP contribution in [0.3, 0.4) is 0 Å². The predicted molar refractivity (Wildman–Crippen MR) is 78.6 cm³/mol. The van der Waals surface area contributed by atoms with Gasteiger partial charge >= 0.3 is 0 Å².